The van der Waals surface area contributed by atoms with Crippen LogP contribution in [-0.4, -0.2) is 34.0 Å². The highest BCUT2D eigenvalue weighted by Crippen LogP contribution is 2.25. The third kappa shape index (κ3) is 6.09. The smallest absolute Gasteiger partial charge is 0.255 e. The summed E-state index contributed by atoms with van der Waals surface area (Å²) in [5, 5.41) is 6.93. The van der Waals surface area contributed by atoms with E-state index in [0.29, 0.717) is 40.9 Å². The van der Waals surface area contributed by atoms with Crippen LogP contribution >= 0.6 is 0 Å². The molecular weight excluding hydrogens is 474 g/mol. The first kappa shape index (κ1) is 24.8. The average Bonchev–Trinajstić information content (AvgIpc) is 3.36. The number of rotatable bonds is 7. The monoisotopic (exact) mass is 502 g/mol. The summed E-state index contributed by atoms with van der Waals surface area (Å²) >= 11 is 0. The third-order valence-electron chi connectivity index (χ3n) is 6.82. The van der Waals surface area contributed by atoms with Crippen LogP contribution in [-0.2, 0) is 13.0 Å². The van der Waals surface area contributed by atoms with Crippen LogP contribution in [0.25, 0.3) is 11.4 Å². The highest BCUT2D eigenvalue weighted by atomic mass is 19.1. The van der Waals surface area contributed by atoms with Crippen LogP contribution in [0.15, 0.2) is 71.3 Å². The van der Waals surface area contributed by atoms with Crippen molar-refractivity contribution in [3.05, 3.63) is 101 Å². The van der Waals surface area contributed by atoms with Gasteiger partial charge in [-0.3, -0.25) is 9.69 Å². The molecule has 1 unspecified atom stereocenters. The van der Waals surface area contributed by atoms with E-state index in [9.17, 15) is 13.6 Å². The number of nitrogens with zero attached hydrogens (tertiary/aromatic N) is 3. The van der Waals surface area contributed by atoms with E-state index in [4.69, 9.17) is 4.52 Å². The van der Waals surface area contributed by atoms with Crippen molar-refractivity contribution in [2.45, 2.75) is 32.7 Å². The zero-order valence-electron chi connectivity index (χ0n) is 20.6. The van der Waals surface area contributed by atoms with E-state index in [0.717, 1.165) is 43.6 Å². The molecule has 2 heterocycles. The van der Waals surface area contributed by atoms with Crippen molar-refractivity contribution >= 4 is 11.6 Å². The summed E-state index contributed by atoms with van der Waals surface area (Å²) in [4.78, 5) is 19.3. The Balaban J connectivity index is 1.17. The summed E-state index contributed by atoms with van der Waals surface area (Å²) in [5.41, 5.74) is 3.50. The van der Waals surface area contributed by atoms with Crippen LogP contribution in [0.1, 0.15) is 40.2 Å². The van der Waals surface area contributed by atoms with Crippen molar-refractivity contribution in [1.82, 2.24) is 15.0 Å². The molecule has 8 heteroatoms. The molecule has 37 heavy (non-hydrogen) atoms. The molecule has 0 bridgehead atoms. The van der Waals surface area contributed by atoms with Gasteiger partial charge in [-0.15, -0.1) is 0 Å². The largest absolute Gasteiger partial charge is 0.339 e. The number of benzene rings is 3. The number of hydrogen-bond donors (Lipinski definition) is 1. The second kappa shape index (κ2) is 11.0. The lowest BCUT2D eigenvalue weighted by molar-refractivity contribution is 0.102. The van der Waals surface area contributed by atoms with Crippen LogP contribution in [0.2, 0.25) is 0 Å². The summed E-state index contributed by atoms with van der Waals surface area (Å²) < 4.78 is 32.5. The van der Waals surface area contributed by atoms with Gasteiger partial charge < -0.3 is 9.84 Å². The molecule has 0 radical (unpaired) electrons. The maximum atomic E-state index is 13.9. The lowest BCUT2D eigenvalue weighted by atomic mass is 9.94. The van der Waals surface area contributed by atoms with Crippen LogP contribution in [0.4, 0.5) is 14.5 Å². The Kier molecular flexibility index (Phi) is 7.37. The highest BCUT2D eigenvalue weighted by Gasteiger charge is 2.23. The van der Waals surface area contributed by atoms with E-state index in [1.807, 2.05) is 25.1 Å². The van der Waals surface area contributed by atoms with Crippen molar-refractivity contribution < 1.29 is 18.1 Å². The lowest BCUT2D eigenvalue weighted by Gasteiger charge is -2.32. The van der Waals surface area contributed by atoms with Gasteiger partial charge in [-0.2, -0.15) is 4.98 Å². The van der Waals surface area contributed by atoms with E-state index in [1.54, 1.807) is 18.2 Å². The molecule has 1 atom stereocenters. The molecule has 1 amide bonds. The normalized spacial score (nSPS) is 16.0. The van der Waals surface area contributed by atoms with Gasteiger partial charge in [0.2, 0.25) is 11.7 Å². The average molecular weight is 503 g/mol. The fraction of sp³-hybridized carbons (Fsp3) is 0.276. The number of hydrogen-bond acceptors (Lipinski definition) is 5. The first-order chi connectivity index (χ1) is 17.9. The summed E-state index contributed by atoms with van der Waals surface area (Å²) in [6, 6.07) is 17.8. The van der Waals surface area contributed by atoms with Gasteiger partial charge >= 0.3 is 0 Å². The number of amides is 1. The predicted molar refractivity (Wildman–Crippen MR) is 137 cm³/mol. The SMILES string of the molecule is Cc1c(F)cccc1CN1CCCC(Cc2nc(-c3ccc(NC(=O)c4ccc(F)cc4)cc3)no2)C1. The molecule has 3 aromatic carbocycles. The van der Waals surface area contributed by atoms with Crippen LogP contribution < -0.4 is 5.32 Å². The van der Waals surface area contributed by atoms with Crippen molar-refractivity contribution in [3.8, 4) is 11.4 Å². The summed E-state index contributed by atoms with van der Waals surface area (Å²) in [5.74, 6) is 0.614. The number of carbonyl (C=O) groups is 1. The van der Waals surface area contributed by atoms with Gasteiger partial charge in [0.05, 0.1) is 0 Å². The Morgan fingerprint density at radius 1 is 1.08 bits per heavy atom. The number of nitrogens with one attached hydrogen (secondary N) is 1. The van der Waals surface area contributed by atoms with Gasteiger partial charge in [0.25, 0.3) is 5.91 Å². The molecule has 1 aliphatic rings. The molecule has 1 aromatic heterocycles. The first-order valence-corrected chi connectivity index (χ1v) is 12.4. The maximum Gasteiger partial charge on any atom is 0.255 e. The molecule has 1 N–H and O–H groups in total. The standard InChI is InChI=1S/C29H28F2N4O2/c1-19-23(5-2-6-26(19)31)18-35-15-3-4-20(17-35)16-27-33-28(34-37-27)21-9-13-25(14-10-21)32-29(36)22-7-11-24(30)12-8-22/h2,5-14,20H,3-4,15-18H2,1H3,(H,32,36). The van der Waals surface area contributed by atoms with Crippen LogP contribution in [0.3, 0.4) is 0 Å². The number of aromatic nitrogens is 2. The number of halogens is 2. The van der Waals surface area contributed by atoms with Crippen LogP contribution in [0.5, 0.6) is 0 Å². The molecule has 4 aromatic rings. The molecule has 0 aliphatic carbocycles. The summed E-state index contributed by atoms with van der Waals surface area (Å²) in [6.45, 7) is 4.46. The second-order valence-corrected chi connectivity index (χ2v) is 9.52. The number of carbonyl (C=O) groups excluding carboxylic acids is 1. The molecule has 0 spiro atoms. The summed E-state index contributed by atoms with van der Waals surface area (Å²) in [6.07, 6.45) is 2.85. The Labute approximate surface area is 214 Å². The fourth-order valence-electron chi connectivity index (χ4n) is 4.73. The minimum absolute atomic E-state index is 0.159. The fourth-order valence-corrected chi connectivity index (χ4v) is 4.73. The topological polar surface area (TPSA) is 71.3 Å². The minimum Gasteiger partial charge on any atom is -0.339 e. The Bertz CT molecular complexity index is 1370. The van der Waals surface area contributed by atoms with E-state index < -0.39 is 0 Å². The highest BCUT2D eigenvalue weighted by molar-refractivity contribution is 6.04. The molecule has 0 saturated carbocycles. The van der Waals surface area contributed by atoms with Gasteiger partial charge in [0.15, 0.2) is 0 Å². The molecular formula is C29H28F2N4O2. The van der Waals surface area contributed by atoms with Crippen molar-refractivity contribution in [2.24, 2.45) is 5.92 Å². The maximum absolute atomic E-state index is 13.9. The summed E-state index contributed by atoms with van der Waals surface area (Å²) in [7, 11) is 0. The molecule has 1 aliphatic heterocycles. The van der Waals surface area contributed by atoms with E-state index in [2.05, 4.69) is 20.4 Å². The quantitative estimate of drug-likeness (QED) is 0.334. The Morgan fingerprint density at radius 2 is 1.86 bits per heavy atom. The number of likely N-dealkylation sites (tertiary alicyclic amines) is 1. The second-order valence-electron chi connectivity index (χ2n) is 9.52. The molecule has 6 nitrogen and oxygen atoms in total. The van der Waals surface area contributed by atoms with Crippen molar-refractivity contribution in [2.75, 3.05) is 18.4 Å². The van der Waals surface area contributed by atoms with Crippen molar-refractivity contribution in [3.63, 3.8) is 0 Å². The van der Waals surface area contributed by atoms with Crippen molar-refractivity contribution in [1.29, 1.82) is 0 Å². The van der Waals surface area contributed by atoms with E-state index >= 15 is 0 Å². The van der Waals surface area contributed by atoms with Gasteiger partial charge in [-0.05, 0) is 98.0 Å². The predicted octanol–water partition coefficient (Wildman–Crippen LogP) is 6.03. The molecule has 190 valence electrons. The van der Waals surface area contributed by atoms with Gasteiger partial charge in [0.1, 0.15) is 11.6 Å². The molecule has 1 fully saturated rings. The Morgan fingerprint density at radius 3 is 2.65 bits per heavy atom. The first-order valence-electron chi connectivity index (χ1n) is 12.4. The van der Waals surface area contributed by atoms with Gasteiger partial charge in [0, 0.05) is 36.3 Å². The van der Waals surface area contributed by atoms with Crippen LogP contribution in [0, 0.1) is 24.5 Å². The molecule has 1 saturated heterocycles. The Hall–Kier alpha value is -3.91. The minimum atomic E-state index is -0.389. The zero-order chi connectivity index (χ0) is 25.8. The third-order valence-corrected chi connectivity index (χ3v) is 6.82. The zero-order valence-corrected chi connectivity index (χ0v) is 20.6. The van der Waals surface area contributed by atoms with Gasteiger partial charge in [-0.1, -0.05) is 17.3 Å². The lowest BCUT2D eigenvalue weighted by Crippen LogP contribution is -2.36. The van der Waals surface area contributed by atoms with E-state index in [1.165, 1.54) is 30.3 Å². The molecule has 5 rings (SSSR count). The van der Waals surface area contributed by atoms with E-state index in [-0.39, 0.29) is 17.5 Å². The number of anilines is 1. The van der Waals surface area contributed by atoms with Gasteiger partial charge in [-0.25, -0.2) is 8.78 Å². The number of piperidine rings is 1.